The molecule has 0 aliphatic carbocycles. The van der Waals surface area contributed by atoms with Gasteiger partial charge < -0.3 is 14.7 Å². The van der Waals surface area contributed by atoms with Crippen molar-refractivity contribution in [3.05, 3.63) is 29.8 Å². The molecule has 3 heteroatoms. The molecular weight excluding hydrogens is 202 g/mol. The van der Waals surface area contributed by atoms with Crippen molar-refractivity contribution in [3.63, 3.8) is 0 Å². The van der Waals surface area contributed by atoms with Gasteiger partial charge in [-0.3, -0.25) is 0 Å². The van der Waals surface area contributed by atoms with Crippen molar-refractivity contribution in [1.82, 2.24) is 4.90 Å². The summed E-state index contributed by atoms with van der Waals surface area (Å²) in [6, 6.07) is 7.61. The molecule has 90 valence electrons. The normalized spacial score (nSPS) is 10.8. The number of nitrogens with zero attached hydrogens (tertiary/aromatic N) is 1. The Kier molecular flexibility index (Phi) is 5.90. The maximum atomic E-state index is 9.13. The maximum absolute atomic E-state index is 9.13. The maximum Gasteiger partial charge on any atom is 0.124 e. The Hall–Kier alpha value is -1.06. The first-order valence-electron chi connectivity index (χ1n) is 5.85. The molecule has 0 atom stereocenters. The van der Waals surface area contributed by atoms with Crippen molar-refractivity contribution in [3.8, 4) is 5.75 Å². The molecular formula is C13H21NO2. The predicted octanol–water partition coefficient (Wildman–Crippen LogP) is 1.90. The average molecular weight is 223 g/mol. The highest BCUT2D eigenvalue weighted by molar-refractivity contribution is 5.32. The van der Waals surface area contributed by atoms with E-state index >= 15 is 0 Å². The third-order valence-electron chi connectivity index (χ3n) is 2.70. The van der Waals surface area contributed by atoms with Gasteiger partial charge in [0.25, 0.3) is 0 Å². The van der Waals surface area contributed by atoms with E-state index in [0.717, 1.165) is 30.9 Å². The van der Waals surface area contributed by atoms with E-state index in [1.165, 1.54) is 0 Å². The summed E-state index contributed by atoms with van der Waals surface area (Å²) in [4.78, 5) is 2.31. The van der Waals surface area contributed by atoms with Crippen LogP contribution < -0.4 is 4.74 Å². The average Bonchev–Trinajstić information content (AvgIpc) is 2.35. The molecule has 0 spiro atoms. The van der Waals surface area contributed by atoms with Gasteiger partial charge in [-0.2, -0.15) is 0 Å². The van der Waals surface area contributed by atoms with Crippen LogP contribution in [0.15, 0.2) is 24.3 Å². The lowest BCUT2D eigenvalue weighted by Crippen LogP contribution is -2.28. The van der Waals surface area contributed by atoms with Crippen LogP contribution >= 0.6 is 0 Å². The molecule has 0 unspecified atom stereocenters. The lowest BCUT2D eigenvalue weighted by Gasteiger charge is -2.18. The third kappa shape index (κ3) is 3.83. The van der Waals surface area contributed by atoms with Crippen molar-refractivity contribution < 1.29 is 9.84 Å². The van der Waals surface area contributed by atoms with Gasteiger partial charge >= 0.3 is 0 Å². The number of benzene rings is 1. The van der Waals surface area contributed by atoms with Gasteiger partial charge in [-0.15, -0.1) is 0 Å². The summed E-state index contributed by atoms with van der Waals surface area (Å²) in [5.74, 6) is 0.789. The SMILES string of the molecule is CCN(CC)CCOc1ccccc1CO. The van der Waals surface area contributed by atoms with Gasteiger partial charge in [-0.25, -0.2) is 0 Å². The Morgan fingerprint density at radius 3 is 2.50 bits per heavy atom. The number of hydrogen-bond donors (Lipinski definition) is 1. The van der Waals surface area contributed by atoms with E-state index in [4.69, 9.17) is 9.84 Å². The van der Waals surface area contributed by atoms with Crippen LogP contribution in [0, 0.1) is 0 Å². The molecule has 1 rings (SSSR count). The molecule has 0 saturated carbocycles. The van der Waals surface area contributed by atoms with Gasteiger partial charge in [-0.05, 0) is 19.2 Å². The van der Waals surface area contributed by atoms with Crippen LogP contribution in [-0.2, 0) is 6.61 Å². The van der Waals surface area contributed by atoms with Gasteiger partial charge in [0.05, 0.1) is 6.61 Å². The zero-order valence-electron chi connectivity index (χ0n) is 10.1. The standard InChI is InChI=1S/C13H21NO2/c1-3-14(4-2)9-10-16-13-8-6-5-7-12(13)11-15/h5-8,15H,3-4,9-11H2,1-2H3. The second-order valence-corrected chi connectivity index (χ2v) is 3.64. The van der Waals surface area contributed by atoms with E-state index in [9.17, 15) is 0 Å². The summed E-state index contributed by atoms with van der Waals surface area (Å²) in [6.45, 7) is 7.99. The third-order valence-corrected chi connectivity index (χ3v) is 2.70. The first-order chi connectivity index (χ1) is 7.81. The van der Waals surface area contributed by atoms with Crippen molar-refractivity contribution in [1.29, 1.82) is 0 Å². The molecule has 1 aromatic rings. The van der Waals surface area contributed by atoms with Crippen LogP contribution in [0.5, 0.6) is 5.75 Å². The molecule has 0 fully saturated rings. The topological polar surface area (TPSA) is 32.7 Å². The fourth-order valence-corrected chi connectivity index (χ4v) is 1.60. The summed E-state index contributed by atoms with van der Waals surface area (Å²) in [6.07, 6.45) is 0. The lowest BCUT2D eigenvalue weighted by atomic mass is 10.2. The molecule has 1 N–H and O–H groups in total. The highest BCUT2D eigenvalue weighted by atomic mass is 16.5. The van der Waals surface area contributed by atoms with Gasteiger partial charge in [-0.1, -0.05) is 32.0 Å². The Morgan fingerprint density at radius 2 is 1.88 bits per heavy atom. The van der Waals surface area contributed by atoms with E-state index in [1.54, 1.807) is 0 Å². The molecule has 1 aromatic carbocycles. The summed E-state index contributed by atoms with van der Waals surface area (Å²) in [5, 5.41) is 9.13. The Balaban J connectivity index is 2.42. The number of aliphatic hydroxyl groups is 1. The molecule has 0 bridgehead atoms. The number of aliphatic hydroxyl groups excluding tert-OH is 1. The van der Waals surface area contributed by atoms with Gasteiger partial charge in [0.1, 0.15) is 12.4 Å². The fraction of sp³-hybridized carbons (Fsp3) is 0.538. The number of para-hydroxylation sites is 1. The Morgan fingerprint density at radius 1 is 1.19 bits per heavy atom. The fourth-order valence-electron chi connectivity index (χ4n) is 1.60. The number of hydrogen-bond acceptors (Lipinski definition) is 3. The highest BCUT2D eigenvalue weighted by Gasteiger charge is 2.02. The van der Waals surface area contributed by atoms with E-state index in [0.29, 0.717) is 6.61 Å². The summed E-state index contributed by atoms with van der Waals surface area (Å²) in [5.41, 5.74) is 0.849. The highest BCUT2D eigenvalue weighted by Crippen LogP contribution is 2.17. The van der Waals surface area contributed by atoms with E-state index in [1.807, 2.05) is 24.3 Å². The quantitative estimate of drug-likeness (QED) is 0.766. The number of ether oxygens (including phenoxy) is 1. The minimum atomic E-state index is 0.0292. The van der Waals surface area contributed by atoms with Crippen molar-refractivity contribution in [2.75, 3.05) is 26.2 Å². The number of likely N-dealkylation sites (N-methyl/N-ethyl adjacent to an activating group) is 1. The Labute approximate surface area is 97.7 Å². The molecule has 0 radical (unpaired) electrons. The van der Waals surface area contributed by atoms with Crippen LogP contribution in [0.3, 0.4) is 0 Å². The first kappa shape index (κ1) is 13.0. The molecule has 16 heavy (non-hydrogen) atoms. The molecule has 3 nitrogen and oxygen atoms in total. The largest absolute Gasteiger partial charge is 0.492 e. The zero-order valence-corrected chi connectivity index (χ0v) is 10.1. The lowest BCUT2D eigenvalue weighted by molar-refractivity contribution is 0.215. The molecule has 0 amide bonds. The van der Waals surface area contributed by atoms with Crippen molar-refractivity contribution >= 4 is 0 Å². The predicted molar refractivity (Wildman–Crippen MR) is 65.6 cm³/mol. The van der Waals surface area contributed by atoms with Crippen molar-refractivity contribution in [2.45, 2.75) is 20.5 Å². The monoisotopic (exact) mass is 223 g/mol. The minimum absolute atomic E-state index is 0.0292. The molecule has 0 aromatic heterocycles. The van der Waals surface area contributed by atoms with Gasteiger partial charge in [0.2, 0.25) is 0 Å². The van der Waals surface area contributed by atoms with Gasteiger partial charge in [0, 0.05) is 12.1 Å². The first-order valence-corrected chi connectivity index (χ1v) is 5.85. The molecule has 0 aliphatic rings. The minimum Gasteiger partial charge on any atom is -0.492 e. The summed E-state index contributed by atoms with van der Waals surface area (Å²) < 4.78 is 5.66. The second kappa shape index (κ2) is 7.25. The summed E-state index contributed by atoms with van der Waals surface area (Å²) >= 11 is 0. The molecule has 0 saturated heterocycles. The van der Waals surface area contributed by atoms with E-state index in [2.05, 4.69) is 18.7 Å². The second-order valence-electron chi connectivity index (χ2n) is 3.64. The van der Waals surface area contributed by atoms with E-state index in [-0.39, 0.29) is 6.61 Å². The molecule has 0 heterocycles. The van der Waals surface area contributed by atoms with Crippen LogP contribution in [0.4, 0.5) is 0 Å². The zero-order chi connectivity index (χ0) is 11.8. The van der Waals surface area contributed by atoms with Crippen molar-refractivity contribution in [2.24, 2.45) is 0 Å². The van der Waals surface area contributed by atoms with Crippen LogP contribution in [-0.4, -0.2) is 36.2 Å². The van der Waals surface area contributed by atoms with Crippen LogP contribution in [0.2, 0.25) is 0 Å². The number of rotatable bonds is 7. The molecule has 0 aliphatic heterocycles. The van der Waals surface area contributed by atoms with Gasteiger partial charge in [0.15, 0.2) is 0 Å². The Bertz CT molecular complexity index is 298. The van der Waals surface area contributed by atoms with E-state index < -0.39 is 0 Å². The smallest absolute Gasteiger partial charge is 0.124 e. The summed E-state index contributed by atoms with van der Waals surface area (Å²) in [7, 11) is 0. The van der Waals surface area contributed by atoms with Crippen LogP contribution in [0.25, 0.3) is 0 Å². The van der Waals surface area contributed by atoms with Crippen LogP contribution in [0.1, 0.15) is 19.4 Å².